The largest absolute Gasteiger partial charge is 0.478 e. The Labute approximate surface area is 107 Å². The van der Waals surface area contributed by atoms with E-state index in [1.807, 2.05) is 12.1 Å². The summed E-state index contributed by atoms with van der Waals surface area (Å²) < 4.78 is 0. The Bertz CT molecular complexity index is 461. The van der Waals surface area contributed by atoms with E-state index in [1.165, 1.54) is 25.7 Å². The summed E-state index contributed by atoms with van der Waals surface area (Å²) in [5.41, 5.74) is 1.87. The number of aromatic carboxylic acids is 1. The Morgan fingerprint density at radius 1 is 1.33 bits per heavy atom. The lowest BCUT2D eigenvalue weighted by Gasteiger charge is -2.15. The van der Waals surface area contributed by atoms with E-state index in [0.29, 0.717) is 17.5 Å². The molecule has 2 saturated carbocycles. The summed E-state index contributed by atoms with van der Waals surface area (Å²) in [6.07, 6.45) is 5.50. The van der Waals surface area contributed by atoms with Gasteiger partial charge in [-0.05, 0) is 48.6 Å². The maximum Gasteiger partial charge on any atom is 0.336 e. The van der Waals surface area contributed by atoms with Crippen molar-refractivity contribution >= 4 is 5.97 Å². The van der Waals surface area contributed by atoms with Crippen LogP contribution in [0.4, 0.5) is 0 Å². The molecule has 0 unspecified atom stereocenters. The molecule has 0 aliphatic heterocycles. The van der Waals surface area contributed by atoms with Crippen LogP contribution >= 0.6 is 0 Å². The zero-order valence-corrected chi connectivity index (χ0v) is 10.5. The van der Waals surface area contributed by atoms with Crippen molar-refractivity contribution in [2.75, 3.05) is 6.54 Å². The van der Waals surface area contributed by atoms with Gasteiger partial charge < -0.3 is 10.4 Å². The number of rotatable bonds is 6. The van der Waals surface area contributed by atoms with Crippen LogP contribution in [0.15, 0.2) is 24.3 Å². The third-order valence-electron chi connectivity index (χ3n) is 4.38. The minimum atomic E-state index is -0.837. The van der Waals surface area contributed by atoms with E-state index in [1.54, 1.807) is 12.1 Å². The smallest absolute Gasteiger partial charge is 0.336 e. The van der Waals surface area contributed by atoms with Crippen LogP contribution in [0.5, 0.6) is 0 Å². The number of carboxylic acids is 1. The first-order valence-corrected chi connectivity index (χ1v) is 6.73. The fourth-order valence-corrected chi connectivity index (χ4v) is 2.91. The van der Waals surface area contributed by atoms with E-state index in [0.717, 1.165) is 18.0 Å². The van der Waals surface area contributed by atoms with Gasteiger partial charge in [-0.25, -0.2) is 4.79 Å². The second-order valence-electron chi connectivity index (χ2n) is 5.70. The van der Waals surface area contributed by atoms with Crippen LogP contribution in [0.25, 0.3) is 0 Å². The van der Waals surface area contributed by atoms with E-state index in [4.69, 9.17) is 5.11 Å². The van der Waals surface area contributed by atoms with Gasteiger partial charge in [-0.1, -0.05) is 18.2 Å². The van der Waals surface area contributed by atoms with E-state index in [-0.39, 0.29) is 0 Å². The second-order valence-corrected chi connectivity index (χ2v) is 5.70. The first kappa shape index (κ1) is 11.7. The molecule has 0 saturated heterocycles. The third-order valence-corrected chi connectivity index (χ3v) is 4.38. The number of benzene rings is 1. The lowest BCUT2D eigenvalue weighted by atomic mass is 10.0. The van der Waals surface area contributed by atoms with Gasteiger partial charge in [0, 0.05) is 13.1 Å². The monoisotopic (exact) mass is 245 g/mol. The maximum absolute atomic E-state index is 11.1. The summed E-state index contributed by atoms with van der Waals surface area (Å²) in [5.74, 6) is 0.107. The van der Waals surface area contributed by atoms with E-state index < -0.39 is 5.97 Å². The molecule has 2 aliphatic carbocycles. The molecule has 1 aromatic rings. The second kappa shape index (κ2) is 4.39. The van der Waals surface area contributed by atoms with Gasteiger partial charge in [0.2, 0.25) is 0 Å². The summed E-state index contributed by atoms with van der Waals surface area (Å²) in [4.78, 5) is 11.1. The Morgan fingerprint density at radius 2 is 2.06 bits per heavy atom. The average molecular weight is 245 g/mol. The van der Waals surface area contributed by atoms with Crippen molar-refractivity contribution in [1.82, 2.24) is 5.32 Å². The van der Waals surface area contributed by atoms with Crippen LogP contribution in [0.2, 0.25) is 0 Å². The number of hydrogen-bond donors (Lipinski definition) is 2. The van der Waals surface area contributed by atoms with E-state index in [9.17, 15) is 4.79 Å². The van der Waals surface area contributed by atoms with Crippen molar-refractivity contribution < 1.29 is 9.90 Å². The molecule has 2 fully saturated rings. The SMILES string of the molecule is O=C(O)c1ccccc1CNCC1(C2CC2)CC1. The Morgan fingerprint density at radius 3 is 2.67 bits per heavy atom. The number of nitrogens with one attached hydrogen (secondary N) is 1. The van der Waals surface area contributed by atoms with Gasteiger partial charge in [0.25, 0.3) is 0 Å². The Kier molecular flexibility index (Phi) is 2.86. The zero-order chi connectivity index (χ0) is 12.6. The summed E-state index contributed by atoms with van der Waals surface area (Å²) in [6.45, 7) is 1.71. The molecule has 3 nitrogen and oxygen atoms in total. The van der Waals surface area contributed by atoms with E-state index >= 15 is 0 Å². The highest BCUT2D eigenvalue weighted by molar-refractivity contribution is 5.89. The highest BCUT2D eigenvalue weighted by Crippen LogP contribution is 2.60. The molecule has 96 valence electrons. The molecule has 3 heteroatoms. The van der Waals surface area contributed by atoms with Gasteiger partial charge in [-0.2, -0.15) is 0 Å². The minimum absolute atomic E-state index is 0.418. The number of carboxylic acid groups (broad SMARTS) is 1. The van der Waals surface area contributed by atoms with Gasteiger partial charge in [-0.3, -0.25) is 0 Å². The first-order valence-electron chi connectivity index (χ1n) is 6.73. The minimum Gasteiger partial charge on any atom is -0.478 e. The van der Waals surface area contributed by atoms with Crippen molar-refractivity contribution in [3.05, 3.63) is 35.4 Å². The molecule has 3 rings (SSSR count). The summed E-state index contributed by atoms with van der Waals surface area (Å²) in [5, 5.41) is 12.6. The van der Waals surface area contributed by atoms with Crippen molar-refractivity contribution in [1.29, 1.82) is 0 Å². The highest BCUT2D eigenvalue weighted by Gasteiger charge is 2.53. The highest BCUT2D eigenvalue weighted by atomic mass is 16.4. The molecule has 0 atom stereocenters. The lowest BCUT2D eigenvalue weighted by molar-refractivity contribution is 0.0695. The normalized spacial score (nSPS) is 20.7. The van der Waals surface area contributed by atoms with Crippen LogP contribution in [-0.4, -0.2) is 17.6 Å². The van der Waals surface area contributed by atoms with Crippen LogP contribution < -0.4 is 5.32 Å². The number of carbonyl (C=O) groups is 1. The Hall–Kier alpha value is -1.35. The zero-order valence-electron chi connectivity index (χ0n) is 10.5. The molecule has 1 aromatic carbocycles. The molecule has 0 aromatic heterocycles. The molecule has 0 heterocycles. The molecule has 2 aliphatic rings. The van der Waals surface area contributed by atoms with E-state index in [2.05, 4.69) is 5.32 Å². The summed E-state index contributed by atoms with van der Waals surface area (Å²) in [7, 11) is 0. The molecule has 0 radical (unpaired) electrons. The molecular weight excluding hydrogens is 226 g/mol. The first-order chi connectivity index (χ1) is 8.71. The quantitative estimate of drug-likeness (QED) is 0.810. The maximum atomic E-state index is 11.1. The predicted octanol–water partition coefficient (Wildman–Crippen LogP) is 2.66. The molecule has 2 N–H and O–H groups in total. The molecule has 18 heavy (non-hydrogen) atoms. The summed E-state index contributed by atoms with van der Waals surface area (Å²) >= 11 is 0. The molecule has 0 bridgehead atoms. The fourth-order valence-electron chi connectivity index (χ4n) is 2.91. The van der Waals surface area contributed by atoms with Gasteiger partial charge in [0.05, 0.1) is 5.56 Å². The molecular formula is C15H19NO2. The van der Waals surface area contributed by atoms with Gasteiger partial charge >= 0.3 is 5.97 Å². The van der Waals surface area contributed by atoms with Crippen molar-refractivity contribution in [3.63, 3.8) is 0 Å². The lowest BCUT2D eigenvalue weighted by Crippen LogP contribution is -2.25. The average Bonchev–Trinajstić information content (AvgIpc) is 3.23. The van der Waals surface area contributed by atoms with Crippen LogP contribution in [0.1, 0.15) is 41.6 Å². The summed E-state index contributed by atoms with van der Waals surface area (Å²) in [6, 6.07) is 7.25. The van der Waals surface area contributed by atoms with Crippen molar-refractivity contribution in [2.24, 2.45) is 11.3 Å². The topological polar surface area (TPSA) is 49.3 Å². The predicted molar refractivity (Wildman–Crippen MR) is 69.5 cm³/mol. The van der Waals surface area contributed by atoms with Crippen LogP contribution in [-0.2, 0) is 6.54 Å². The Balaban J connectivity index is 1.58. The van der Waals surface area contributed by atoms with Crippen LogP contribution in [0, 0.1) is 11.3 Å². The third kappa shape index (κ3) is 2.27. The molecule has 0 amide bonds. The number of hydrogen-bond acceptors (Lipinski definition) is 2. The van der Waals surface area contributed by atoms with Gasteiger partial charge in [-0.15, -0.1) is 0 Å². The van der Waals surface area contributed by atoms with Gasteiger partial charge in [0.15, 0.2) is 0 Å². The standard InChI is InChI=1S/C15H19NO2/c17-14(18)13-4-2-1-3-11(13)9-16-10-15(7-8-15)12-5-6-12/h1-4,12,16H,5-10H2,(H,17,18). The van der Waals surface area contributed by atoms with Crippen molar-refractivity contribution in [3.8, 4) is 0 Å². The van der Waals surface area contributed by atoms with Gasteiger partial charge in [0.1, 0.15) is 0 Å². The van der Waals surface area contributed by atoms with Crippen LogP contribution in [0.3, 0.4) is 0 Å². The van der Waals surface area contributed by atoms with Crippen molar-refractivity contribution in [2.45, 2.75) is 32.2 Å². The molecule has 0 spiro atoms. The fraction of sp³-hybridized carbons (Fsp3) is 0.533.